The smallest absolute Gasteiger partial charge is 0.357 e. The summed E-state index contributed by atoms with van der Waals surface area (Å²) in [5, 5.41) is 9.96. The second-order valence-electron chi connectivity index (χ2n) is 9.82. The number of carbonyl (C=O) groups is 2. The van der Waals surface area contributed by atoms with Gasteiger partial charge < -0.3 is 14.1 Å². The van der Waals surface area contributed by atoms with Crippen molar-refractivity contribution in [2.75, 3.05) is 6.61 Å². The monoisotopic (exact) mass is 449 g/mol. The Morgan fingerprint density at radius 3 is 2.43 bits per heavy atom. The first-order chi connectivity index (χ1) is 13.8. The molecule has 1 fully saturated rings. The van der Waals surface area contributed by atoms with Crippen LogP contribution in [0.3, 0.4) is 0 Å². The van der Waals surface area contributed by atoms with Gasteiger partial charge in [-0.1, -0.05) is 39.0 Å². The molecule has 3 atom stereocenters. The SMILES string of the molecule is CC(C)(C)[Si](C)(C)OCC[C@@]1(C)C([S+]([O-])c2ccccc2)=C(C(=O)O)N2C(=O)C[C@@H]21. The molecule has 0 radical (unpaired) electrons. The second kappa shape index (κ2) is 7.82. The molecule has 6 nitrogen and oxygen atoms in total. The van der Waals surface area contributed by atoms with Crippen LogP contribution < -0.4 is 0 Å². The molecule has 1 saturated heterocycles. The van der Waals surface area contributed by atoms with E-state index in [9.17, 15) is 19.2 Å². The second-order valence-corrected chi connectivity index (χ2v) is 16.1. The summed E-state index contributed by atoms with van der Waals surface area (Å²) in [5.41, 5.74) is -0.835. The number of fused-ring (bicyclic) bond motifs is 1. The van der Waals surface area contributed by atoms with Crippen molar-refractivity contribution < 1.29 is 23.7 Å². The van der Waals surface area contributed by atoms with Crippen molar-refractivity contribution in [2.45, 2.75) is 69.6 Å². The van der Waals surface area contributed by atoms with Crippen molar-refractivity contribution in [2.24, 2.45) is 5.41 Å². The van der Waals surface area contributed by atoms with Crippen molar-refractivity contribution in [3.05, 3.63) is 40.9 Å². The van der Waals surface area contributed by atoms with Crippen molar-refractivity contribution in [3.8, 4) is 0 Å². The van der Waals surface area contributed by atoms with E-state index in [0.717, 1.165) is 0 Å². The number of hydrogen-bond donors (Lipinski definition) is 1. The number of β-lactam (4-membered cyclic amide) rings is 1. The van der Waals surface area contributed by atoms with E-state index in [2.05, 4.69) is 33.9 Å². The molecule has 3 rings (SSSR count). The highest BCUT2D eigenvalue weighted by Gasteiger charge is 2.63. The van der Waals surface area contributed by atoms with Crippen LogP contribution in [0.1, 0.15) is 40.5 Å². The van der Waals surface area contributed by atoms with Crippen LogP contribution >= 0.6 is 0 Å². The van der Waals surface area contributed by atoms with E-state index in [0.29, 0.717) is 22.8 Å². The molecule has 0 saturated carbocycles. The summed E-state index contributed by atoms with van der Waals surface area (Å²) >= 11 is -1.68. The Morgan fingerprint density at radius 1 is 1.33 bits per heavy atom. The van der Waals surface area contributed by atoms with Crippen molar-refractivity contribution in [1.82, 2.24) is 4.90 Å². The van der Waals surface area contributed by atoms with Crippen LogP contribution in [-0.4, -0.2) is 47.4 Å². The molecule has 0 aromatic heterocycles. The predicted molar refractivity (Wildman–Crippen MR) is 119 cm³/mol. The number of carboxylic acid groups (broad SMARTS) is 1. The number of hydrogen-bond acceptors (Lipinski definition) is 4. The van der Waals surface area contributed by atoms with Crippen molar-refractivity contribution in [3.63, 3.8) is 0 Å². The fraction of sp³-hybridized carbons (Fsp3) is 0.545. The maximum Gasteiger partial charge on any atom is 0.357 e. The van der Waals surface area contributed by atoms with Crippen LogP contribution in [0.4, 0.5) is 0 Å². The van der Waals surface area contributed by atoms with Gasteiger partial charge in [-0.15, -0.1) is 0 Å². The van der Waals surface area contributed by atoms with Crippen molar-refractivity contribution >= 4 is 31.4 Å². The highest BCUT2D eigenvalue weighted by molar-refractivity contribution is 7.95. The Labute approximate surface area is 182 Å². The normalized spacial score (nSPS) is 25.2. The standard InChI is InChI=1S/C22H31NO5SSi/c1-21(2,3)30(5,6)28-13-12-22(4)16-14-17(24)23(16)18(20(25)26)19(22)29(27)15-10-8-7-9-11-15/h7-11,16H,12-14H2,1-6H3,(H,25,26)/t16-,22-,29?/m1/s1. The van der Waals surface area contributed by atoms with Gasteiger partial charge in [-0.2, -0.15) is 0 Å². The van der Waals surface area contributed by atoms with Gasteiger partial charge in [0.25, 0.3) is 0 Å². The van der Waals surface area contributed by atoms with E-state index in [1.807, 2.05) is 13.0 Å². The van der Waals surface area contributed by atoms with Gasteiger partial charge in [0.1, 0.15) is 0 Å². The van der Waals surface area contributed by atoms with Gasteiger partial charge in [-0.25, -0.2) is 4.79 Å². The van der Waals surface area contributed by atoms with Gasteiger partial charge >= 0.3 is 5.97 Å². The number of benzene rings is 1. The van der Waals surface area contributed by atoms with Gasteiger partial charge in [0.15, 0.2) is 23.8 Å². The van der Waals surface area contributed by atoms with Crippen LogP contribution in [0.15, 0.2) is 45.8 Å². The number of carbonyl (C=O) groups excluding carboxylic acids is 1. The molecule has 2 heterocycles. The topological polar surface area (TPSA) is 89.9 Å². The first-order valence-electron chi connectivity index (χ1n) is 10.2. The van der Waals surface area contributed by atoms with Crippen LogP contribution in [-0.2, 0) is 25.2 Å². The molecule has 0 bridgehead atoms. The molecule has 0 spiro atoms. The summed E-state index contributed by atoms with van der Waals surface area (Å²) in [6, 6.07) is 8.55. The third kappa shape index (κ3) is 3.75. The lowest BCUT2D eigenvalue weighted by atomic mass is 9.76. The number of nitrogens with zero attached hydrogens (tertiary/aromatic N) is 1. The lowest BCUT2D eigenvalue weighted by molar-refractivity contribution is -0.150. The van der Waals surface area contributed by atoms with E-state index in [1.165, 1.54) is 4.90 Å². The van der Waals surface area contributed by atoms with Crippen LogP contribution in [0.25, 0.3) is 0 Å². The molecule has 30 heavy (non-hydrogen) atoms. The first kappa shape index (κ1) is 23.1. The summed E-state index contributed by atoms with van der Waals surface area (Å²) < 4.78 is 19.9. The van der Waals surface area contributed by atoms with E-state index in [4.69, 9.17) is 4.43 Å². The molecule has 2 aliphatic heterocycles. The summed E-state index contributed by atoms with van der Waals surface area (Å²) in [4.78, 5) is 26.6. The third-order valence-corrected chi connectivity index (χ3v) is 13.2. The fourth-order valence-corrected chi connectivity index (χ4v) is 6.62. The Morgan fingerprint density at radius 2 is 1.93 bits per heavy atom. The highest BCUT2D eigenvalue weighted by Crippen LogP contribution is 2.55. The zero-order valence-corrected chi connectivity index (χ0v) is 20.3. The molecule has 1 unspecified atom stereocenters. The lowest BCUT2D eigenvalue weighted by Gasteiger charge is -2.43. The van der Waals surface area contributed by atoms with E-state index in [1.54, 1.807) is 24.3 Å². The summed E-state index contributed by atoms with van der Waals surface area (Å²) in [6.45, 7) is 13.2. The van der Waals surface area contributed by atoms with Crippen molar-refractivity contribution in [1.29, 1.82) is 0 Å². The first-order valence-corrected chi connectivity index (χ1v) is 14.3. The third-order valence-electron chi connectivity index (χ3n) is 6.89. The molecule has 1 amide bonds. The zero-order chi connectivity index (χ0) is 22.5. The van der Waals surface area contributed by atoms with Gasteiger partial charge in [0, 0.05) is 24.2 Å². The molecule has 0 aliphatic carbocycles. The molecular formula is C22H31NO5SSi. The van der Waals surface area contributed by atoms with E-state index < -0.39 is 30.9 Å². The van der Waals surface area contributed by atoms with Gasteiger partial charge in [-0.3, -0.25) is 9.69 Å². The van der Waals surface area contributed by atoms with Crippen LogP contribution in [0.2, 0.25) is 18.1 Å². The van der Waals surface area contributed by atoms with Gasteiger partial charge in [-0.05, 0) is 43.6 Å². The van der Waals surface area contributed by atoms with Gasteiger partial charge in [0.2, 0.25) is 5.91 Å². The summed E-state index contributed by atoms with van der Waals surface area (Å²) in [6.07, 6.45) is 0.779. The van der Waals surface area contributed by atoms with Crippen LogP contribution in [0, 0.1) is 5.41 Å². The number of carboxylic acids is 1. The number of rotatable bonds is 7. The van der Waals surface area contributed by atoms with Crippen LogP contribution in [0.5, 0.6) is 0 Å². The molecular weight excluding hydrogens is 418 g/mol. The molecule has 2 aliphatic rings. The highest BCUT2D eigenvalue weighted by atomic mass is 32.2. The minimum atomic E-state index is -1.99. The number of aliphatic carboxylic acids is 1. The maximum atomic E-state index is 13.5. The lowest BCUT2D eigenvalue weighted by Crippen LogP contribution is -2.55. The average molecular weight is 450 g/mol. The minimum Gasteiger partial charge on any atom is -0.607 e. The van der Waals surface area contributed by atoms with E-state index in [-0.39, 0.29) is 29.1 Å². The zero-order valence-electron chi connectivity index (χ0n) is 18.5. The average Bonchev–Trinajstić information content (AvgIpc) is 2.85. The molecule has 1 aromatic rings. The fourth-order valence-electron chi connectivity index (χ4n) is 3.91. The maximum absolute atomic E-state index is 13.5. The largest absolute Gasteiger partial charge is 0.607 e. The molecule has 164 valence electrons. The Bertz CT molecular complexity index is 879. The minimum absolute atomic E-state index is 0.0554. The Balaban J connectivity index is 1.97. The molecule has 1 N–H and O–H groups in total. The summed E-state index contributed by atoms with van der Waals surface area (Å²) in [7, 11) is -1.99. The Hall–Kier alpha value is -1.61. The number of amides is 1. The van der Waals surface area contributed by atoms with E-state index >= 15 is 0 Å². The quantitative estimate of drug-likeness (QED) is 0.384. The Kier molecular flexibility index (Phi) is 6.01. The molecule has 1 aromatic carbocycles. The molecule has 8 heteroatoms. The summed E-state index contributed by atoms with van der Waals surface area (Å²) in [5.74, 6) is -1.43. The van der Waals surface area contributed by atoms with Gasteiger partial charge in [0.05, 0.1) is 11.5 Å². The predicted octanol–water partition coefficient (Wildman–Crippen LogP) is 4.12.